The highest BCUT2D eigenvalue weighted by Gasteiger charge is 2.42. The van der Waals surface area contributed by atoms with E-state index in [1.807, 2.05) is 18.3 Å². The molecule has 1 aliphatic heterocycles. The molecule has 1 fully saturated rings. The number of benzene rings is 2. The normalized spacial score (nSPS) is 17.8. The number of anilines is 1. The van der Waals surface area contributed by atoms with E-state index in [1.165, 1.54) is 33.8 Å². The molecule has 0 unspecified atom stereocenters. The summed E-state index contributed by atoms with van der Waals surface area (Å²) in [5.41, 5.74) is 9.50. The van der Waals surface area contributed by atoms with Crippen LogP contribution >= 0.6 is 12.2 Å². The molecule has 0 bridgehead atoms. The second-order valence-electron chi connectivity index (χ2n) is 9.01. The number of nitrogens with zero attached hydrogens (tertiary/aromatic N) is 3. The average molecular weight is 467 g/mol. The van der Waals surface area contributed by atoms with Crippen molar-refractivity contribution in [1.82, 2.24) is 14.9 Å². The molecule has 0 spiro atoms. The van der Waals surface area contributed by atoms with E-state index in [0.717, 1.165) is 22.9 Å². The zero-order chi connectivity index (χ0) is 23.8. The summed E-state index contributed by atoms with van der Waals surface area (Å²) in [6, 6.07) is 25.8. The molecule has 0 aliphatic carbocycles. The standard InChI is InChI=1S/C29H30N4S/c1-5-22-11-15-24(16-12-22)33-28(27(31-29(33)34)26-8-6-7-17-30-26)25-18-20(3)32(21(25)4)23-13-9-19(2)10-14-23/h6-18,27-28H,5H2,1-4H3,(H,31,34)/t27-,28-/m0/s1. The van der Waals surface area contributed by atoms with Gasteiger partial charge in [-0.05, 0) is 93.0 Å². The van der Waals surface area contributed by atoms with Gasteiger partial charge in [0, 0.05) is 29.0 Å². The van der Waals surface area contributed by atoms with E-state index in [9.17, 15) is 0 Å². The van der Waals surface area contributed by atoms with Gasteiger partial charge in [-0.2, -0.15) is 0 Å². The van der Waals surface area contributed by atoms with Crippen molar-refractivity contribution in [2.24, 2.45) is 0 Å². The van der Waals surface area contributed by atoms with Gasteiger partial charge in [-0.1, -0.05) is 42.8 Å². The number of aromatic nitrogens is 2. The fourth-order valence-corrected chi connectivity index (χ4v) is 5.37. The smallest absolute Gasteiger partial charge is 0.174 e. The predicted octanol–water partition coefficient (Wildman–Crippen LogP) is 6.54. The number of hydrogen-bond acceptors (Lipinski definition) is 2. The van der Waals surface area contributed by atoms with Crippen LogP contribution in [-0.2, 0) is 6.42 Å². The molecule has 0 amide bonds. The van der Waals surface area contributed by atoms with Crippen molar-refractivity contribution < 1.29 is 0 Å². The molecular weight excluding hydrogens is 436 g/mol. The highest BCUT2D eigenvalue weighted by Crippen LogP contribution is 2.43. The number of aryl methyl sites for hydroxylation is 3. The molecule has 1 aliphatic rings. The molecular formula is C29H30N4S. The Labute approximate surface area is 207 Å². The molecule has 5 rings (SSSR count). The third-order valence-electron chi connectivity index (χ3n) is 6.80. The molecule has 34 heavy (non-hydrogen) atoms. The Morgan fingerprint density at radius 3 is 2.26 bits per heavy atom. The van der Waals surface area contributed by atoms with Gasteiger partial charge < -0.3 is 14.8 Å². The maximum Gasteiger partial charge on any atom is 0.174 e. The molecule has 4 aromatic rings. The molecule has 5 heteroatoms. The van der Waals surface area contributed by atoms with Crippen LogP contribution in [0.15, 0.2) is 79.0 Å². The lowest BCUT2D eigenvalue weighted by Crippen LogP contribution is -2.29. The summed E-state index contributed by atoms with van der Waals surface area (Å²) in [5, 5.41) is 4.31. The quantitative estimate of drug-likeness (QED) is 0.339. The Hall–Kier alpha value is -3.44. The van der Waals surface area contributed by atoms with E-state index >= 15 is 0 Å². The number of rotatable bonds is 5. The number of thiocarbonyl (C=S) groups is 1. The minimum atomic E-state index is -0.0495. The van der Waals surface area contributed by atoms with Gasteiger partial charge in [0.05, 0.1) is 17.8 Å². The SMILES string of the molecule is CCc1ccc(N2C(=S)N[C@@H](c3ccccn3)[C@@H]2c2cc(C)n(-c3ccc(C)cc3)c2C)cc1. The molecule has 0 radical (unpaired) electrons. The first-order valence-corrected chi connectivity index (χ1v) is 12.2. The fraction of sp³-hybridized carbons (Fsp3) is 0.241. The minimum Gasteiger partial charge on any atom is -0.351 e. The minimum absolute atomic E-state index is 0.0136. The fourth-order valence-electron chi connectivity index (χ4n) is 5.02. The highest BCUT2D eigenvalue weighted by atomic mass is 32.1. The highest BCUT2D eigenvalue weighted by molar-refractivity contribution is 7.80. The number of pyridine rings is 1. The summed E-state index contributed by atoms with van der Waals surface area (Å²) in [4.78, 5) is 6.96. The largest absolute Gasteiger partial charge is 0.351 e. The van der Waals surface area contributed by atoms with Crippen LogP contribution in [-0.4, -0.2) is 14.7 Å². The van der Waals surface area contributed by atoms with Crippen LogP contribution in [0.3, 0.4) is 0 Å². The number of nitrogens with one attached hydrogen (secondary N) is 1. The maximum absolute atomic E-state index is 5.91. The molecule has 2 aromatic carbocycles. The lowest BCUT2D eigenvalue weighted by atomic mass is 9.96. The molecule has 4 nitrogen and oxygen atoms in total. The Morgan fingerprint density at radius 2 is 1.62 bits per heavy atom. The Bertz CT molecular complexity index is 1310. The molecule has 1 saturated heterocycles. The number of hydrogen-bond donors (Lipinski definition) is 1. The van der Waals surface area contributed by atoms with Gasteiger partial charge in [0.2, 0.25) is 0 Å². The van der Waals surface area contributed by atoms with Crippen LogP contribution < -0.4 is 10.2 Å². The van der Waals surface area contributed by atoms with E-state index in [0.29, 0.717) is 0 Å². The van der Waals surface area contributed by atoms with Gasteiger partial charge in [-0.15, -0.1) is 0 Å². The monoisotopic (exact) mass is 466 g/mol. The van der Waals surface area contributed by atoms with Crippen molar-refractivity contribution in [3.63, 3.8) is 0 Å². The van der Waals surface area contributed by atoms with Gasteiger partial charge in [0.15, 0.2) is 5.11 Å². The summed E-state index contributed by atoms with van der Waals surface area (Å²) in [6.07, 6.45) is 2.87. The van der Waals surface area contributed by atoms with Gasteiger partial charge in [-0.25, -0.2) is 0 Å². The zero-order valence-electron chi connectivity index (χ0n) is 20.1. The van der Waals surface area contributed by atoms with E-state index in [-0.39, 0.29) is 12.1 Å². The summed E-state index contributed by atoms with van der Waals surface area (Å²) in [7, 11) is 0. The van der Waals surface area contributed by atoms with Crippen molar-refractivity contribution >= 4 is 23.0 Å². The maximum atomic E-state index is 5.91. The molecule has 3 heterocycles. The third-order valence-corrected chi connectivity index (χ3v) is 7.12. The molecule has 172 valence electrons. The van der Waals surface area contributed by atoms with Gasteiger partial charge in [0.25, 0.3) is 0 Å². The van der Waals surface area contributed by atoms with Gasteiger partial charge in [-0.3, -0.25) is 4.98 Å². The van der Waals surface area contributed by atoms with Crippen LogP contribution in [0.2, 0.25) is 0 Å². The molecule has 2 aromatic heterocycles. The van der Waals surface area contributed by atoms with Crippen LogP contribution in [0.1, 0.15) is 52.8 Å². The van der Waals surface area contributed by atoms with E-state index in [4.69, 9.17) is 17.2 Å². The predicted molar refractivity (Wildman–Crippen MR) is 144 cm³/mol. The van der Waals surface area contributed by atoms with Crippen molar-refractivity contribution in [2.45, 2.75) is 46.2 Å². The van der Waals surface area contributed by atoms with E-state index in [1.54, 1.807) is 0 Å². The second-order valence-corrected chi connectivity index (χ2v) is 9.40. The van der Waals surface area contributed by atoms with Crippen LogP contribution in [0.25, 0.3) is 5.69 Å². The van der Waals surface area contributed by atoms with Gasteiger partial charge >= 0.3 is 0 Å². The summed E-state index contributed by atoms with van der Waals surface area (Å²) in [5.74, 6) is 0. The third kappa shape index (κ3) is 3.90. The molecule has 2 atom stereocenters. The van der Waals surface area contributed by atoms with Crippen molar-refractivity contribution in [2.75, 3.05) is 4.90 Å². The first-order chi connectivity index (χ1) is 16.5. The van der Waals surface area contributed by atoms with E-state index < -0.39 is 0 Å². The van der Waals surface area contributed by atoms with Crippen LogP contribution in [0.5, 0.6) is 0 Å². The first-order valence-electron chi connectivity index (χ1n) is 11.8. The zero-order valence-corrected chi connectivity index (χ0v) is 20.9. The first kappa shape index (κ1) is 22.4. The lowest BCUT2D eigenvalue weighted by molar-refractivity contribution is 0.565. The molecule has 0 saturated carbocycles. The van der Waals surface area contributed by atoms with E-state index in [2.05, 4.69) is 103 Å². The Morgan fingerprint density at radius 1 is 0.912 bits per heavy atom. The average Bonchev–Trinajstić information content (AvgIpc) is 3.35. The topological polar surface area (TPSA) is 33.1 Å². The summed E-state index contributed by atoms with van der Waals surface area (Å²) < 4.78 is 2.34. The van der Waals surface area contributed by atoms with Crippen molar-refractivity contribution in [3.8, 4) is 5.69 Å². The van der Waals surface area contributed by atoms with Crippen LogP contribution in [0, 0.1) is 20.8 Å². The van der Waals surface area contributed by atoms with Crippen molar-refractivity contribution in [1.29, 1.82) is 0 Å². The lowest BCUT2D eigenvalue weighted by Gasteiger charge is -2.28. The summed E-state index contributed by atoms with van der Waals surface area (Å²) in [6.45, 7) is 8.68. The molecule has 1 N–H and O–H groups in total. The Balaban J connectivity index is 1.66. The second kappa shape index (κ2) is 9.07. The van der Waals surface area contributed by atoms with Crippen LogP contribution in [0.4, 0.5) is 5.69 Å². The van der Waals surface area contributed by atoms with Gasteiger partial charge in [0.1, 0.15) is 0 Å². The summed E-state index contributed by atoms with van der Waals surface area (Å²) >= 11 is 5.91. The van der Waals surface area contributed by atoms with Crippen molar-refractivity contribution in [3.05, 3.63) is 113 Å². The Kier molecular flexibility index (Phi) is 5.96.